The van der Waals surface area contributed by atoms with E-state index < -0.39 is 18.1 Å². The molecule has 1 aromatic heterocycles. The molecule has 3 heterocycles. The van der Waals surface area contributed by atoms with E-state index in [0.717, 1.165) is 59.2 Å². The van der Waals surface area contributed by atoms with E-state index in [1.807, 2.05) is 24.3 Å². The van der Waals surface area contributed by atoms with Gasteiger partial charge in [0.15, 0.2) is 0 Å². The molecule has 2 atom stereocenters. The molecule has 0 bridgehead atoms. The molecule has 1 N–H and O–H groups in total. The Morgan fingerprint density at radius 1 is 0.902 bits per heavy atom. The normalized spacial score (nSPS) is 19.4. The van der Waals surface area contributed by atoms with Crippen molar-refractivity contribution in [2.75, 3.05) is 11.9 Å². The third-order valence-electron chi connectivity index (χ3n) is 9.83. The molecule has 2 fully saturated rings. The van der Waals surface area contributed by atoms with Crippen molar-refractivity contribution in [3.8, 4) is 0 Å². The van der Waals surface area contributed by atoms with Gasteiger partial charge in [0.05, 0.1) is 4.53 Å². The van der Waals surface area contributed by atoms with Crippen LogP contribution in [-0.2, 0) is 16.1 Å². The van der Waals surface area contributed by atoms with Gasteiger partial charge in [-0.05, 0) is 82.6 Å². The van der Waals surface area contributed by atoms with E-state index in [4.69, 9.17) is 12.2 Å². The lowest BCUT2D eigenvalue weighted by molar-refractivity contribution is -0.137. The molecule has 254 valence electrons. The fourth-order valence-electron chi connectivity index (χ4n) is 7.46. The zero-order valence-corrected chi connectivity index (χ0v) is 30.1. The second-order valence-electron chi connectivity index (χ2n) is 12.9. The predicted molar refractivity (Wildman–Crippen MR) is 211 cm³/mol. The molecule has 1 aliphatic carbocycles. The van der Waals surface area contributed by atoms with Crippen molar-refractivity contribution in [1.82, 2.24) is 9.47 Å². The SMILES string of the molecule is CN1C(=O)/C(=c2/s/c(=C\c3ccc4c(c3)C3CCCC3N4c3ccc(C=C(c4ccccc4)c4ccccc4)cc3)c(=O)n2CC(=O)O)SC1=S. The molecule has 2 aliphatic heterocycles. The zero-order chi connectivity index (χ0) is 35.2. The first-order valence-electron chi connectivity index (χ1n) is 16.8. The van der Waals surface area contributed by atoms with Crippen molar-refractivity contribution in [1.29, 1.82) is 0 Å². The number of carboxylic acids is 1. The Bertz CT molecular complexity index is 2380. The summed E-state index contributed by atoms with van der Waals surface area (Å²) in [6.07, 6.45) is 7.40. The molecule has 10 heteroatoms. The van der Waals surface area contributed by atoms with Gasteiger partial charge in [-0.25, -0.2) is 0 Å². The molecular formula is C41H33N3O4S3. The minimum atomic E-state index is -1.16. The van der Waals surface area contributed by atoms with Gasteiger partial charge in [-0.2, -0.15) is 0 Å². The van der Waals surface area contributed by atoms with Crippen molar-refractivity contribution in [3.05, 3.63) is 150 Å². The topological polar surface area (TPSA) is 82.9 Å². The number of carbonyl (C=O) groups is 2. The molecule has 2 unspecified atom stereocenters. The Kier molecular flexibility index (Phi) is 8.83. The minimum absolute atomic E-state index is 0.279. The summed E-state index contributed by atoms with van der Waals surface area (Å²) in [5.74, 6) is -1.12. The van der Waals surface area contributed by atoms with Crippen molar-refractivity contribution in [3.63, 3.8) is 0 Å². The van der Waals surface area contributed by atoms with E-state index in [1.54, 1.807) is 7.05 Å². The Hall–Kier alpha value is -5.03. The van der Waals surface area contributed by atoms with Crippen molar-refractivity contribution in [2.24, 2.45) is 0 Å². The first kappa shape index (κ1) is 33.1. The monoisotopic (exact) mass is 727 g/mol. The number of thiocarbonyl (C=S) groups is 1. The highest BCUT2D eigenvalue weighted by molar-refractivity contribution is 8.30. The standard InChI is InChI=1S/C41H33N3O4S3/c1-42-39(48)37(51-41(42)49)40-43(24-36(45)46)38(47)35(50-40)23-26-17-20-34-32(22-26)30-13-8-14-33(30)44(34)29-18-15-25(16-19-29)21-31(27-9-4-2-5-10-27)28-11-6-3-7-12-28/h2-7,9-12,15-23,30,33H,8,13-14,24H2,1H3,(H,45,46)/b35-23-,40-37-. The molecule has 1 saturated carbocycles. The number of nitrogens with zero attached hydrogens (tertiary/aromatic N) is 3. The summed E-state index contributed by atoms with van der Waals surface area (Å²) < 4.78 is 2.23. The Labute approximate surface area is 308 Å². The van der Waals surface area contributed by atoms with Gasteiger partial charge in [0, 0.05) is 30.4 Å². The summed E-state index contributed by atoms with van der Waals surface area (Å²) in [7, 11) is 1.58. The number of benzene rings is 4. The highest BCUT2D eigenvalue weighted by atomic mass is 32.2. The van der Waals surface area contributed by atoms with Gasteiger partial charge >= 0.3 is 5.97 Å². The number of hydrogen-bond acceptors (Lipinski definition) is 7. The van der Waals surface area contributed by atoms with Gasteiger partial charge in [0.2, 0.25) is 0 Å². The van der Waals surface area contributed by atoms with Gasteiger partial charge in [0.25, 0.3) is 11.5 Å². The number of fused-ring (bicyclic) bond motifs is 3. The Balaban J connectivity index is 1.15. The first-order valence-corrected chi connectivity index (χ1v) is 18.8. The fraction of sp³-hybridized carbons (Fsp3) is 0.171. The van der Waals surface area contributed by atoms with Crippen LogP contribution < -0.4 is 19.7 Å². The molecule has 51 heavy (non-hydrogen) atoms. The molecular weight excluding hydrogens is 695 g/mol. The van der Waals surface area contributed by atoms with Crippen LogP contribution >= 0.6 is 35.3 Å². The van der Waals surface area contributed by atoms with Gasteiger partial charge in [-0.3, -0.25) is 23.9 Å². The van der Waals surface area contributed by atoms with E-state index in [-0.39, 0.29) is 10.8 Å². The van der Waals surface area contributed by atoms with Crippen LogP contribution in [0.15, 0.2) is 108 Å². The summed E-state index contributed by atoms with van der Waals surface area (Å²) in [5.41, 5.74) is 8.66. The quantitative estimate of drug-likeness (QED) is 0.146. The number of anilines is 2. The molecule has 5 aromatic rings. The molecule has 3 aliphatic rings. The number of thioether (sulfide) groups is 1. The summed E-state index contributed by atoms with van der Waals surface area (Å²) in [5, 5.41) is 9.58. The molecule has 1 saturated heterocycles. The van der Waals surface area contributed by atoms with Gasteiger partial charge in [-0.1, -0.05) is 109 Å². The van der Waals surface area contributed by atoms with E-state index in [9.17, 15) is 19.5 Å². The number of hydrogen-bond donors (Lipinski definition) is 1. The molecule has 7 nitrogen and oxygen atoms in total. The Morgan fingerprint density at radius 2 is 1.57 bits per heavy atom. The number of carbonyl (C=O) groups excluding carboxylic acids is 1. The van der Waals surface area contributed by atoms with Crippen LogP contribution in [0, 0.1) is 0 Å². The lowest BCUT2D eigenvalue weighted by Crippen LogP contribution is -2.35. The van der Waals surface area contributed by atoms with Crippen molar-refractivity contribution < 1.29 is 14.7 Å². The molecule has 1 amide bonds. The van der Waals surface area contributed by atoms with Crippen LogP contribution in [-0.4, -0.2) is 43.9 Å². The molecule has 0 radical (unpaired) electrons. The van der Waals surface area contributed by atoms with Crippen LogP contribution in [0.3, 0.4) is 0 Å². The number of amides is 1. The van der Waals surface area contributed by atoms with Crippen LogP contribution in [0.1, 0.15) is 53.0 Å². The second-order valence-corrected chi connectivity index (χ2v) is 15.6. The molecule has 0 spiro atoms. The number of thiazole rings is 1. The van der Waals surface area contributed by atoms with Gasteiger partial charge in [-0.15, -0.1) is 11.3 Å². The van der Waals surface area contributed by atoms with E-state index in [0.29, 0.717) is 25.5 Å². The lowest BCUT2D eigenvalue weighted by atomic mass is 9.95. The number of carboxylic acid groups (broad SMARTS) is 1. The van der Waals surface area contributed by atoms with Crippen LogP contribution in [0.5, 0.6) is 0 Å². The summed E-state index contributed by atoms with van der Waals surface area (Å²) in [4.78, 5) is 42.3. The fourth-order valence-corrected chi connectivity index (χ4v) is 9.89. The molecule has 8 rings (SSSR count). The largest absolute Gasteiger partial charge is 0.480 e. The van der Waals surface area contributed by atoms with Crippen molar-refractivity contribution >= 4 is 85.5 Å². The maximum atomic E-state index is 13.6. The van der Waals surface area contributed by atoms with Crippen molar-refractivity contribution in [2.45, 2.75) is 37.8 Å². The van der Waals surface area contributed by atoms with Crippen LogP contribution in [0.4, 0.5) is 11.4 Å². The smallest absolute Gasteiger partial charge is 0.323 e. The average Bonchev–Trinajstić information content (AvgIpc) is 3.88. The van der Waals surface area contributed by atoms with Gasteiger partial charge < -0.3 is 10.0 Å². The van der Waals surface area contributed by atoms with Gasteiger partial charge in [0.1, 0.15) is 20.4 Å². The third kappa shape index (κ3) is 6.17. The number of aliphatic carboxylic acids is 1. The van der Waals surface area contributed by atoms with E-state index in [2.05, 4.69) is 95.9 Å². The minimum Gasteiger partial charge on any atom is -0.480 e. The molecule has 4 aromatic carbocycles. The maximum Gasteiger partial charge on any atom is 0.323 e. The zero-order valence-electron chi connectivity index (χ0n) is 27.7. The van der Waals surface area contributed by atoms with Crippen LogP contribution in [0.25, 0.3) is 22.6 Å². The van der Waals surface area contributed by atoms with E-state index >= 15 is 0 Å². The third-order valence-corrected chi connectivity index (χ3v) is 12.6. The lowest BCUT2D eigenvalue weighted by Gasteiger charge is -2.27. The summed E-state index contributed by atoms with van der Waals surface area (Å²) in [6.45, 7) is -0.538. The van der Waals surface area contributed by atoms with Crippen LogP contribution in [0.2, 0.25) is 0 Å². The summed E-state index contributed by atoms with van der Waals surface area (Å²) in [6, 6.07) is 36.4. The number of rotatable bonds is 7. The predicted octanol–water partition coefficient (Wildman–Crippen LogP) is 6.80. The maximum absolute atomic E-state index is 13.6. The van der Waals surface area contributed by atoms with E-state index in [1.165, 1.54) is 37.4 Å². The number of aromatic nitrogens is 1. The Morgan fingerprint density at radius 3 is 2.20 bits per heavy atom. The highest BCUT2D eigenvalue weighted by Crippen LogP contribution is 2.52. The summed E-state index contributed by atoms with van der Waals surface area (Å²) >= 11 is 7.51. The average molecular weight is 728 g/mol. The highest BCUT2D eigenvalue weighted by Gasteiger charge is 2.42. The first-order chi connectivity index (χ1) is 24.8. The second kappa shape index (κ2) is 13.6.